The Morgan fingerprint density at radius 2 is 2.24 bits per heavy atom. The minimum absolute atomic E-state index is 0.198. The summed E-state index contributed by atoms with van der Waals surface area (Å²) in [5, 5.41) is 0.803. The second-order valence-corrected chi connectivity index (χ2v) is 7.02. The molecular weight excluding hydrogens is 330 g/mol. The maximum Gasteiger partial charge on any atom is 0.227 e. The molecule has 3 aliphatic rings. The molecule has 1 aromatic carbocycles. The number of benzene rings is 1. The van der Waals surface area contributed by atoms with E-state index in [-0.39, 0.29) is 12.0 Å². The quantitative estimate of drug-likeness (QED) is 0.768. The zero-order chi connectivity index (χ0) is 14.4. The number of hydrogen-bond acceptors (Lipinski definition) is 2. The third-order valence-corrected chi connectivity index (χ3v) is 6.05. The van der Waals surface area contributed by atoms with Gasteiger partial charge in [0, 0.05) is 17.8 Å². The van der Waals surface area contributed by atoms with Gasteiger partial charge in [-0.1, -0.05) is 40.2 Å². The van der Waals surface area contributed by atoms with Crippen molar-refractivity contribution in [1.29, 1.82) is 0 Å². The molecule has 0 radical (unpaired) electrons. The molecule has 112 valence electrons. The van der Waals surface area contributed by atoms with Gasteiger partial charge in [0.05, 0.1) is 19.3 Å². The molecule has 1 saturated carbocycles. The van der Waals surface area contributed by atoms with Crippen molar-refractivity contribution < 1.29 is 9.53 Å². The van der Waals surface area contributed by atoms with Gasteiger partial charge in [0.1, 0.15) is 0 Å². The lowest BCUT2D eigenvalue weighted by Crippen LogP contribution is -2.50. The predicted molar refractivity (Wildman–Crippen MR) is 84.6 cm³/mol. The van der Waals surface area contributed by atoms with E-state index in [4.69, 9.17) is 4.74 Å². The minimum Gasteiger partial charge on any atom is -0.377 e. The van der Waals surface area contributed by atoms with Crippen LogP contribution in [-0.4, -0.2) is 41.9 Å². The Hall–Kier alpha value is -0.870. The monoisotopic (exact) mass is 349 g/mol. The normalized spacial score (nSPS) is 34.0. The average molecular weight is 350 g/mol. The molecule has 3 nitrogen and oxygen atoms in total. The van der Waals surface area contributed by atoms with Crippen molar-refractivity contribution >= 4 is 21.8 Å². The van der Waals surface area contributed by atoms with Crippen molar-refractivity contribution in [1.82, 2.24) is 4.90 Å². The summed E-state index contributed by atoms with van der Waals surface area (Å²) >= 11 is 3.52. The second-order valence-electron chi connectivity index (χ2n) is 6.37. The number of nitrogens with zero attached hydrogens (tertiary/aromatic N) is 1. The van der Waals surface area contributed by atoms with Crippen LogP contribution in [0.3, 0.4) is 0 Å². The summed E-state index contributed by atoms with van der Waals surface area (Å²) in [5.74, 6) is 1.62. The fourth-order valence-electron chi connectivity index (χ4n) is 4.17. The van der Waals surface area contributed by atoms with Crippen LogP contribution in [0.4, 0.5) is 0 Å². The maximum atomic E-state index is 13.0. The van der Waals surface area contributed by atoms with Gasteiger partial charge in [-0.25, -0.2) is 0 Å². The second kappa shape index (κ2) is 5.40. The summed E-state index contributed by atoms with van der Waals surface area (Å²) < 4.78 is 5.50. The molecule has 2 fully saturated rings. The van der Waals surface area contributed by atoms with Crippen LogP contribution >= 0.6 is 15.9 Å². The molecule has 4 atom stereocenters. The fraction of sp³-hybridized carbons (Fsp3) is 0.588. The molecular formula is C17H20BrNO2. The Kier molecular flexibility index (Phi) is 3.54. The Morgan fingerprint density at radius 3 is 3.10 bits per heavy atom. The third kappa shape index (κ3) is 2.23. The fourth-order valence-corrected chi connectivity index (χ4v) is 4.70. The Morgan fingerprint density at radius 1 is 1.38 bits per heavy atom. The molecule has 4 heteroatoms. The molecule has 0 bridgehead atoms. The van der Waals surface area contributed by atoms with E-state index in [0.717, 1.165) is 18.3 Å². The first-order valence-electron chi connectivity index (χ1n) is 7.83. The van der Waals surface area contributed by atoms with Crippen molar-refractivity contribution in [2.24, 2.45) is 11.8 Å². The maximum absolute atomic E-state index is 13.0. The first kappa shape index (κ1) is 13.8. The van der Waals surface area contributed by atoms with Crippen molar-refractivity contribution in [3.8, 4) is 0 Å². The molecule has 0 aromatic heterocycles. The average Bonchev–Trinajstić information content (AvgIpc) is 3.29. The van der Waals surface area contributed by atoms with Crippen molar-refractivity contribution in [2.75, 3.05) is 25.1 Å². The largest absolute Gasteiger partial charge is 0.377 e. The minimum atomic E-state index is 0.198. The molecule has 1 saturated heterocycles. The van der Waals surface area contributed by atoms with E-state index >= 15 is 0 Å². The van der Waals surface area contributed by atoms with E-state index in [2.05, 4.69) is 45.1 Å². The smallest absolute Gasteiger partial charge is 0.227 e. The van der Waals surface area contributed by atoms with Gasteiger partial charge >= 0.3 is 0 Å². The SMILES string of the molecule is O=C(C1C2CCc3ccccc3C21)N1CCOCC1CBr. The summed E-state index contributed by atoms with van der Waals surface area (Å²) in [6, 6.07) is 8.87. The highest BCUT2D eigenvalue weighted by Crippen LogP contribution is 2.60. The van der Waals surface area contributed by atoms with Gasteiger partial charge in [-0.15, -0.1) is 0 Å². The summed E-state index contributed by atoms with van der Waals surface area (Å²) in [7, 11) is 0. The van der Waals surface area contributed by atoms with Gasteiger partial charge in [0.25, 0.3) is 0 Å². The number of amides is 1. The summed E-state index contributed by atoms with van der Waals surface area (Å²) in [4.78, 5) is 15.0. The highest BCUT2D eigenvalue weighted by Gasteiger charge is 2.58. The van der Waals surface area contributed by atoms with E-state index in [1.54, 1.807) is 0 Å². The predicted octanol–water partition coefficient (Wildman–Crippen LogP) is 2.58. The van der Waals surface area contributed by atoms with Crippen LogP contribution in [-0.2, 0) is 16.0 Å². The third-order valence-electron chi connectivity index (χ3n) is 5.30. The molecule has 1 heterocycles. The zero-order valence-electron chi connectivity index (χ0n) is 12.0. The molecule has 1 aliphatic heterocycles. The van der Waals surface area contributed by atoms with Crippen LogP contribution in [0.2, 0.25) is 0 Å². The van der Waals surface area contributed by atoms with E-state index in [0.29, 0.717) is 31.0 Å². The number of hydrogen-bond donors (Lipinski definition) is 0. The summed E-state index contributed by atoms with van der Waals surface area (Å²) in [5.41, 5.74) is 2.88. The van der Waals surface area contributed by atoms with Crippen molar-refractivity contribution in [2.45, 2.75) is 24.8 Å². The molecule has 1 amide bonds. The van der Waals surface area contributed by atoms with Gasteiger partial charge in [-0.3, -0.25) is 4.79 Å². The van der Waals surface area contributed by atoms with Crippen LogP contribution < -0.4 is 0 Å². The molecule has 0 N–H and O–H groups in total. The number of halogens is 1. The highest BCUT2D eigenvalue weighted by atomic mass is 79.9. The van der Waals surface area contributed by atoms with Crippen molar-refractivity contribution in [3.63, 3.8) is 0 Å². The lowest BCUT2D eigenvalue weighted by molar-refractivity contribution is -0.140. The summed E-state index contributed by atoms with van der Waals surface area (Å²) in [6.07, 6.45) is 2.30. The molecule has 21 heavy (non-hydrogen) atoms. The summed E-state index contributed by atoms with van der Waals surface area (Å²) in [6.45, 7) is 2.08. The van der Waals surface area contributed by atoms with Gasteiger partial charge in [-0.05, 0) is 35.8 Å². The number of aryl methyl sites for hydroxylation is 1. The standard InChI is InChI=1S/C17H20BrNO2/c18-9-12-10-21-8-7-19(12)17(20)16-14-6-5-11-3-1-2-4-13(11)15(14)16/h1-4,12,14-16H,5-10H2. The number of ether oxygens (including phenoxy) is 1. The molecule has 1 aromatic rings. The van der Waals surface area contributed by atoms with E-state index in [9.17, 15) is 4.79 Å². The number of carbonyl (C=O) groups is 1. The van der Waals surface area contributed by atoms with E-state index in [1.807, 2.05) is 0 Å². The Balaban J connectivity index is 1.55. The van der Waals surface area contributed by atoms with E-state index < -0.39 is 0 Å². The van der Waals surface area contributed by atoms with Crippen LogP contribution in [0.5, 0.6) is 0 Å². The van der Waals surface area contributed by atoms with Gasteiger partial charge in [-0.2, -0.15) is 0 Å². The van der Waals surface area contributed by atoms with Crippen LogP contribution in [0.15, 0.2) is 24.3 Å². The first-order chi connectivity index (χ1) is 10.3. The zero-order valence-corrected chi connectivity index (χ0v) is 13.6. The Labute approximate surface area is 133 Å². The lowest BCUT2D eigenvalue weighted by atomic mass is 9.92. The van der Waals surface area contributed by atoms with Gasteiger partial charge < -0.3 is 9.64 Å². The molecule has 2 aliphatic carbocycles. The van der Waals surface area contributed by atoms with E-state index in [1.165, 1.54) is 17.5 Å². The number of morpholine rings is 1. The number of alkyl halides is 1. The number of fused-ring (bicyclic) bond motifs is 3. The topological polar surface area (TPSA) is 29.5 Å². The number of rotatable bonds is 2. The first-order valence-corrected chi connectivity index (χ1v) is 8.95. The lowest BCUT2D eigenvalue weighted by Gasteiger charge is -2.35. The molecule has 4 unspecified atom stereocenters. The van der Waals surface area contributed by atoms with Gasteiger partial charge in [0.15, 0.2) is 0 Å². The van der Waals surface area contributed by atoms with Gasteiger partial charge in [0.2, 0.25) is 5.91 Å². The molecule has 0 spiro atoms. The number of carbonyl (C=O) groups excluding carboxylic acids is 1. The highest BCUT2D eigenvalue weighted by molar-refractivity contribution is 9.09. The van der Waals surface area contributed by atoms with Crippen LogP contribution in [0.25, 0.3) is 0 Å². The van der Waals surface area contributed by atoms with Crippen molar-refractivity contribution in [3.05, 3.63) is 35.4 Å². The Bertz CT molecular complexity index is 561. The molecule has 4 rings (SSSR count). The van der Waals surface area contributed by atoms with Crippen LogP contribution in [0.1, 0.15) is 23.5 Å². The van der Waals surface area contributed by atoms with Crippen LogP contribution in [0, 0.1) is 11.8 Å².